The van der Waals surface area contributed by atoms with Gasteiger partial charge in [0.25, 0.3) is 0 Å². The Bertz CT molecular complexity index is 393. The van der Waals surface area contributed by atoms with Crippen molar-refractivity contribution < 1.29 is 9.53 Å². The fourth-order valence-electron chi connectivity index (χ4n) is 2.38. The molecule has 2 nitrogen and oxygen atoms in total. The molecule has 21 heavy (non-hydrogen) atoms. The number of ether oxygens (including phenoxy) is 1. The first-order valence-corrected chi connectivity index (χ1v) is 8.43. The van der Waals surface area contributed by atoms with E-state index in [9.17, 15) is 4.79 Å². The van der Waals surface area contributed by atoms with E-state index < -0.39 is 0 Å². The van der Waals surface area contributed by atoms with Crippen molar-refractivity contribution in [2.24, 2.45) is 0 Å². The molecular formula is C19H30O2. The van der Waals surface area contributed by atoms with Gasteiger partial charge in [-0.3, -0.25) is 4.79 Å². The van der Waals surface area contributed by atoms with Crippen LogP contribution in [0.15, 0.2) is 24.3 Å². The maximum atomic E-state index is 12.1. The van der Waals surface area contributed by atoms with Crippen LogP contribution in [0.5, 0.6) is 5.75 Å². The van der Waals surface area contributed by atoms with Gasteiger partial charge < -0.3 is 4.74 Å². The Morgan fingerprint density at radius 3 is 2.10 bits per heavy atom. The molecule has 0 fully saturated rings. The number of hydrogen-bond acceptors (Lipinski definition) is 2. The molecule has 1 aromatic carbocycles. The van der Waals surface area contributed by atoms with Crippen LogP contribution >= 0.6 is 0 Å². The second kappa shape index (κ2) is 10.4. The summed E-state index contributed by atoms with van der Waals surface area (Å²) in [5.41, 5.74) is 0.803. The van der Waals surface area contributed by atoms with E-state index in [1.54, 1.807) is 0 Å². The number of ketones is 1. The molecule has 0 bridgehead atoms. The zero-order valence-corrected chi connectivity index (χ0v) is 13.9. The van der Waals surface area contributed by atoms with Gasteiger partial charge in [0, 0.05) is 12.0 Å². The molecule has 0 aliphatic carbocycles. The number of hydrogen-bond donors (Lipinski definition) is 0. The van der Waals surface area contributed by atoms with Gasteiger partial charge in [-0.25, -0.2) is 0 Å². The minimum Gasteiger partial charge on any atom is -0.491 e. The van der Waals surface area contributed by atoms with E-state index in [0.717, 1.165) is 17.7 Å². The molecule has 0 heterocycles. The Morgan fingerprint density at radius 1 is 0.952 bits per heavy atom. The Hall–Kier alpha value is -1.31. The minimum absolute atomic E-state index is 0.166. The second-order valence-corrected chi connectivity index (χ2v) is 5.99. The molecule has 0 N–H and O–H groups in total. The molecule has 0 atom stereocenters. The van der Waals surface area contributed by atoms with Crippen molar-refractivity contribution in [1.29, 1.82) is 0 Å². The summed E-state index contributed by atoms with van der Waals surface area (Å²) >= 11 is 0. The third-order valence-corrected chi connectivity index (χ3v) is 3.56. The first-order valence-electron chi connectivity index (χ1n) is 8.43. The predicted molar refractivity (Wildman–Crippen MR) is 89.1 cm³/mol. The predicted octanol–water partition coefficient (Wildman–Crippen LogP) is 5.80. The molecule has 0 aliphatic rings. The summed E-state index contributed by atoms with van der Waals surface area (Å²) in [5.74, 6) is 1.08. The Balaban J connectivity index is 2.22. The maximum Gasteiger partial charge on any atom is 0.162 e. The van der Waals surface area contributed by atoms with Crippen molar-refractivity contribution in [2.75, 3.05) is 0 Å². The van der Waals surface area contributed by atoms with Crippen molar-refractivity contribution >= 4 is 5.78 Å². The highest BCUT2D eigenvalue weighted by molar-refractivity contribution is 5.96. The molecule has 0 aliphatic heterocycles. The van der Waals surface area contributed by atoms with E-state index in [1.807, 2.05) is 38.1 Å². The number of carbonyl (C=O) groups excluding carboxylic acids is 1. The molecule has 0 radical (unpaired) electrons. The molecule has 1 rings (SSSR count). The number of rotatable bonds is 11. The van der Waals surface area contributed by atoms with Gasteiger partial charge in [-0.1, -0.05) is 45.4 Å². The van der Waals surface area contributed by atoms with Gasteiger partial charge in [0.15, 0.2) is 5.78 Å². The summed E-state index contributed by atoms with van der Waals surface area (Å²) in [7, 11) is 0. The molecule has 0 spiro atoms. The van der Waals surface area contributed by atoms with Crippen LogP contribution < -0.4 is 4.74 Å². The van der Waals surface area contributed by atoms with Crippen LogP contribution in [0, 0.1) is 0 Å². The van der Waals surface area contributed by atoms with Gasteiger partial charge in [-0.2, -0.15) is 0 Å². The monoisotopic (exact) mass is 290 g/mol. The first kappa shape index (κ1) is 17.7. The van der Waals surface area contributed by atoms with E-state index in [2.05, 4.69) is 6.92 Å². The molecule has 0 amide bonds. The number of unbranched alkanes of at least 4 members (excludes halogenated alkanes) is 6. The van der Waals surface area contributed by atoms with Gasteiger partial charge >= 0.3 is 0 Å². The number of Topliss-reactive ketones (excluding diaryl/α,β-unsaturated/α-hetero) is 1. The van der Waals surface area contributed by atoms with Gasteiger partial charge in [-0.05, 0) is 44.5 Å². The van der Waals surface area contributed by atoms with Crippen LogP contribution in [0.3, 0.4) is 0 Å². The van der Waals surface area contributed by atoms with Crippen LogP contribution in [0.2, 0.25) is 0 Å². The van der Waals surface area contributed by atoms with E-state index >= 15 is 0 Å². The molecule has 1 aromatic rings. The van der Waals surface area contributed by atoms with Crippen LogP contribution in [0.4, 0.5) is 0 Å². The fraction of sp³-hybridized carbons (Fsp3) is 0.632. The smallest absolute Gasteiger partial charge is 0.162 e. The highest BCUT2D eigenvalue weighted by Gasteiger charge is 2.06. The lowest BCUT2D eigenvalue weighted by Crippen LogP contribution is -2.06. The zero-order valence-electron chi connectivity index (χ0n) is 13.9. The summed E-state index contributed by atoms with van der Waals surface area (Å²) in [5, 5.41) is 0. The highest BCUT2D eigenvalue weighted by atomic mass is 16.5. The van der Waals surface area contributed by atoms with Crippen molar-refractivity contribution in [3.05, 3.63) is 29.8 Å². The van der Waals surface area contributed by atoms with E-state index in [0.29, 0.717) is 6.42 Å². The molecule has 2 heteroatoms. The van der Waals surface area contributed by atoms with Gasteiger partial charge in [0.05, 0.1) is 6.10 Å². The third kappa shape index (κ3) is 7.89. The lowest BCUT2D eigenvalue weighted by atomic mass is 10.0. The lowest BCUT2D eigenvalue weighted by molar-refractivity contribution is 0.0979. The quantitative estimate of drug-likeness (QED) is 0.380. The number of benzene rings is 1. The van der Waals surface area contributed by atoms with Crippen molar-refractivity contribution in [1.82, 2.24) is 0 Å². The van der Waals surface area contributed by atoms with Crippen molar-refractivity contribution in [3.63, 3.8) is 0 Å². The normalized spacial score (nSPS) is 10.9. The third-order valence-electron chi connectivity index (χ3n) is 3.56. The molecule has 0 saturated heterocycles. The van der Waals surface area contributed by atoms with Crippen LogP contribution in [-0.4, -0.2) is 11.9 Å². The minimum atomic E-state index is 0.166. The Morgan fingerprint density at radius 2 is 1.52 bits per heavy atom. The summed E-state index contributed by atoms with van der Waals surface area (Å²) in [6.45, 7) is 6.23. The zero-order chi connectivity index (χ0) is 15.5. The summed E-state index contributed by atoms with van der Waals surface area (Å²) in [6.07, 6.45) is 9.54. The average molecular weight is 290 g/mol. The molecular weight excluding hydrogens is 260 g/mol. The summed E-state index contributed by atoms with van der Waals surface area (Å²) in [4.78, 5) is 12.1. The van der Waals surface area contributed by atoms with Crippen molar-refractivity contribution in [3.8, 4) is 5.75 Å². The van der Waals surface area contributed by atoms with Crippen LogP contribution in [0.1, 0.15) is 82.5 Å². The fourth-order valence-corrected chi connectivity index (χ4v) is 2.38. The molecule has 0 unspecified atom stereocenters. The summed E-state index contributed by atoms with van der Waals surface area (Å²) in [6, 6.07) is 7.53. The lowest BCUT2D eigenvalue weighted by Gasteiger charge is -2.09. The van der Waals surface area contributed by atoms with E-state index in [1.165, 1.54) is 38.5 Å². The van der Waals surface area contributed by atoms with E-state index in [4.69, 9.17) is 4.74 Å². The highest BCUT2D eigenvalue weighted by Crippen LogP contribution is 2.16. The van der Waals surface area contributed by atoms with Gasteiger partial charge in [0.2, 0.25) is 0 Å². The first-order chi connectivity index (χ1) is 10.1. The van der Waals surface area contributed by atoms with Gasteiger partial charge in [0.1, 0.15) is 5.75 Å². The SMILES string of the molecule is CCCCCCCCCC(=O)c1ccc(OC(C)C)cc1. The maximum absolute atomic E-state index is 12.1. The largest absolute Gasteiger partial charge is 0.491 e. The Labute approximate surface area is 129 Å². The van der Waals surface area contributed by atoms with Gasteiger partial charge in [-0.15, -0.1) is 0 Å². The topological polar surface area (TPSA) is 26.3 Å². The number of carbonyl (C=O) groups is 1. The standard InChI is InChI=1S/C19H30O2/c1-4-5-6-7-8-9-10-11-19(20)17-12-14-18(15-13-17)21-16(2)3/h12-16H,4-11H2,1-3H3. The molecule has 0 saturated carbocycles. The average Bonchev–Trinajstić information content (AvgIpc) is 2.46. The van der Waals surface area contributed by atoms with Crippen LogP contribution in [-0.2, 0) is 0 Å². The van der Waals surface area contributed by atoms with E-state index in [-0.39, 0.29) is 11.9 Å². The van der Waals surface area contributed by atoms with Crippen LogP contribution in [0.25, 0.3) is 0 Å². The Kier molecular flexibility index (Phi) is 8.80. The second-order valence-electron chi connectivity index (χ2n) is 5.99. The summed E-state index contributed by atoms with van der Waals surface area (Å²) < 4.78 is 5.58. The van der Waals surface area contributed by atoms with Crippen molar-refractivity contribution in [2.45, 2.75) is 78.2 Å². The molecule has 118 valence electrons. The molecule has 0 aromatic heterocycles.